The summed E-state index contributed by atoms with van der Waals surface area (Å²) in [6.07, 6.45) is 4.13. The van der Waals surface area contributed by atoms with E-state index in [0.29, 0.717) is 18.3 Å². The number of aromatic nitrogens is 1. The quantitative estimate of drug-likeness (QED) is 0.883. The number of ether oxygens (including phenoxy) is 1. The van der Waals surface area contributed by atoms with Crippen molar-refractivity contribution < 1.29 is 13.5 Å². The Hall–Kier alpha value is -1.88. The minimum atomic E-state index is -0.352. The molecule has 0 atom stereocenters. The zero-order valence-electron chi connectivity index (χ0n) is 9.73. The molecule has 1 aliphatic rings. The van der Waals surface area contributed by atoms with E-state index in [2.05, 4.69) is 10.3 Å². The van der Waals surface area contributed by atoms with E-state index in [4.69, 9.17) is 9.15 Å². The van der Waals surface area contributed by atoms with E-state index in [-0.39, 0.29) is 11.9 Å². The van der Waals surface area contributed by atoms with Gasteiger partial charge in [0.05, 0.1) is 5.69 Å². The van der Waals surface area contributed by atoms with Gasteiger partial charge < -0.3 is 14.5 Å². The lowest BCUT2D eigenvalue weighted by molar-refractivity contribution is 0.329. The maximum Gasteiger partial charge on any atom is 0.399 e. The Morgan fingerprint density at radius 3 is 3.11 bits per heavy atom. The molecular formula is C13H13FN2O2. The van der Waals surface area contributed by atoms with Gasteiger partial charge in [-0.2, -0.15) is 4.98 Å². The average molecular weight is 248 g/mol. The number of benzene rings is 1. The highest BCUT2D eigenvalue weighted by molar-refractivity contribution is 5.24. The molecule has 1 N–H and O–H groups in total. The number of oxazole rings is 1. The number of nitrogens with one attached hydrogen (secondary N) is 1. The van der Waals surface area contributed by atoms with Crippen molar-refractivity contribution in [3.05, 3.63) is 42.0 Å². The zero-order valence-corrected chi connectivity index (χ0v) is 9.73. The smallest absolute Gasteiger partial charge is 0.399 e. The SMILES string of the molecule is Fc1cccc(Oc2nc(CNC3CC3)co2)c1. The Bertz CT molecular complexity index is 537. The molecule has 0 radical (unpaired) electrons. The van der Waals surface area contributed by atoms with Crippen LogP contribution in [0.15, 0.2) is 34.9 Å². The molecule has 4 nitrogen and oxygen atoms in total. The molecule has 1 fully saturated rings. The molecule has 94 valence electrons. The van der Waals surface area contributed by atoms with Crippen LogP contribution in [0.3, 0.4) is 0 Å². The van der Waals surface area contributed by atoms with Gasteiger partial charge in [-0.05, 0) is 25.0 Å². The lowest BCUT2D eigenvalue weighted by atomic mass is 10.3. The summed E-state index contributed by atoms with van der Waals surface area (Å²) in [5, 5.41) is 3.32. The van der Waals surface area contributed by atoms with Crippen LogP contribution in [0.4, 0.5) is 4.39 Å². The Labute approximate surface area is 104 Å². The number of halogens is 1. The maximum atomic E-state index is 13.0. The third-order valence-electron chi connectivity index (χ3n) is 2.68. The first-order chi connectivity index (χ1) is 8.79. The van der Waals surface area contributed by atoms with Crippen molar-refractivity contribution in [3.8, 4) is 11.8 Å². The normalized spacial score (nSPS) is 14.7. The van der Waals surface area contributed by atoms with Crippen molar-refractivity contribution in [2.45, 2.75) is 25.4 Å². The highest BCUT2D eigenvalue weighted by Crippen LogP contribution is 2.22. The predicted octanol–water partition coefficient (Wildman–Crippen LogP) is 2.86. The van der Waals surface area contributed by atoms with Crippen molar-refractivity contribution in [2.24, 2.45) is 0 Å². The fraction of sp³-hybridized carbons (Fsp3) is 0.308. The molecular weight excluding hydrogens is 235 g/mol. The van der Waals surface area contributed by atoms with E-state index in [0.717, 1.165) is 5.69 Å². The van der Waals surface area contributed by atoms with E-state index < -0.39 is 0 Å². The number of hydrogen-bond donors (Lipinski definition) is 1. The van der Waals surface area contributed by atoms with E-state index >= 15 is 0 Å². The van der Waals surface area contributed by atoms with Gasteiger partial charge in [0.2, 0.25) is 0 Å². The van der Waals surface area contributed by atoms with Crippen LogP contribution in [0, 0.1) is 5.82 Å². The maximum absolute atomic E-state index is 13.0. The van der Waals surface area contributed by atoms with Crippen LogP contribution in [0.25, 0.3) is 0 Å². The van der Waals surface area contributed by atoms with Gasteiger partial charge in [-0.1, -0.05) is 6.07 Å². The first kappa shape index (κ1) is 11.2. The molecule has 18 heavy (non-hydrogen) atoms. The van der Waals surface area contributed by atoms with Gasteiger partial charge >= 0.3 is 6.08 Å². The molecule has 1 aromatic carbocycles. The molecule has 0 spiro atoms. The molecule has 0 saturated heterocycles. The Kier molecular flexibility index (Phi) is 2.98. The molecule has 5 heteroatoms. The first-order valence-corrected chi connectivity index (χ1v) is 5.91. The summed E-state index contributed by atoms with van der Waals surface area (Å²) in [7, 11) is 0. The topological polar surface area (TPSA) is 47.3 Å². The fourth-order valence-electron chi connectivity index (χ4n) is 1.58. The zero-order chi connectivity index (χ0) is 12.4. The molecule has 0 amide bonds. The molecule has 1 saturated carbocycles. The van der Waals surface area contributed by atoms with Gasteiger partial charge in [-0.15, -0.1) is 0 Å². The van der Waals surface area contributed by atoms with Gasteiger partial charge in [0.15, 0.2) is 0 Å². The van der Waals surface area contributed by atoms with Crippen LogP contribution in [-0.4, -0.2) is 11.0 Å². The van der Waals surface area contributed by atoms with E-state index in [1.807, 2.05) is 0 Å². The Morgan fingerprint density at radius 1 is 1.44 bits per heavy atom. The lowest BCUT2D eigenvalue weighted by Gasteiger charge is -1.99. The van der Waals surface area contributed by atoms with Gasteiger partial charge in [-0.25, -0.2) is 4.39 Å². The van der Waals surface area contributed by atoms with Crippen LogP contribution in [-0.2, 0) is 6.54 Å². The largest absolute Gasteiger partial charge is 0.417 e. The number of nitrogens with zero attached hydrogens (tertiary/aromatic N) is 1. The molecule has 1 heterocycles. The van der Waals surface area contributed by atoms with Crippen LogP contribution in [0.1, 0.15) is 18.5 Å². The highest BCUT2D eigenvalue weighted by atomic mass is 19.1. The summed E-state index contributed by atoms with van der Waals surface area (Å²) in [4.78, 5) is 4.16. The van der Waals surface area contributed by atoms with Gasteiger partial charge in [-0.3, -0.25) is 0 Å². The molecule has 1 aliphatic carbocycles. The molecule has 2 aromatic rings. The molecule has 1 aromatic heterocycles. The van der Waals surface area contributed by atoms with Gasteiger partial charge in [0.1, 0.15) is 17.8 Å². The van der Waals surface area contributed by atoms with Crippen molar-refractivity contribution >= 4 is 0 Å². The molecule has 3 rings (SSSR count). The summed E-state index contributed by atoms with van der Waals surface area (Å²) >= 11 is 0. The minimum absolute atomic E-state index is 0.133. The van der Waals surface area contributed by atoms with Crippen LogP contribution in [0.5, 0.6) is 11.8 Å². The standard InChI is InChI=1S/C13H13FN2O2/c14-9-2-1-3-12(6-9)18-13-16-11(8-17-13)7-15-10-4-5-10/h1-3,6,8,10,15H,4-5,7H2. The summed E-state index contributed by atoms with van der Waals surface area (Å²) in [5.74, 6) is 0.0215. The lowest BCUT2D eigenvalue weighted by Crippen LogP contribution is -2.15. The second-order valence-corrected chi connectivity index (χ2v) is 4.32. The molecule has 0 unspecified atom stereocenters. The fourth-order valence-corrected chi connectivity index (χ4v) is 1.58. The van der Waals surface area contributed by atoms with E-state index in [1.165, 1.54) is 25.0 Å². The van der Waals surface area contributed by atoms with Crippen molar-refractivity contribution in [1.29, 1.82) is 0 Å². The third-order valence-corrected chi connectivity index (χ3v) is 2.68. The van der Waals surface area contributed by atoms with Crippen molar-refractivity contribution in [3.63, 3.8) is 0 Å². The summed E-state index contributed by atoms with van der Waals surface area (Å²) in [6, 6.07) is 6.48. The number of rotatable bonds is 5. The van der Waals surface area contributed by atoms with Crippen LogP contribution in [0.2, 0.25) is 0 Å². The minimum Gasteiger partial charge on any atom is -0.417 e. The predicted molar refractivity (Wildman–Crippen MR) is 62.8 cm³/mol. The van der Waals surface area contributed by atoms with Gasteiger partial charge in [0, 0.05) is 18.7 Å². The van der Waals surface area contributed by atoms with Gasteiger partial charge in [0.25, 0.3) is 0 Å². The number of hydrogen-bond acceptors (Lipinski definition) is 4. The van der Waals surface area contributed by atoms with Crippen LogP contribution >= 0.6 is 0 Å². The third kappa shape index (κ3) is 2.87. The summed E-state index contributed by atoms with van der Waals surface area (Å²) in [6.45, 7) is 0.667. The first-order valence-electron chi connectivity index (χ1n) is 5.91. The average Bonchev–Trinajstić information content (AvgIpc) is 3.08. The highest BCUT2D eigenvalue weighted by Gasteiger charge is 2.20. The van der Waals surface area contributed by atoms with Crippen LogP contribution < -0.4 is 10.1 Å². The Balaban J connectivity index is 1.61. The van der Waals surface area contributed by atoms with Crippen molar-refractivity contribution in [1.82, 2.24) is 10.3 Å². The second-order valence-electron chi connectivity index (χ2n) is 4.32. The van der Waals surface area contributed by atoms with E-state index in [1.54, 1.807) is 18.4 Å². The van der Waals surface area contributed by atoms with E-state index in [9.17, 15) is 4.39 Å². The molecule has 0 bridgehead atoms. The van der Waals surface area contributed by atoms with Crippen molar-refractivity contribution in [2.75, 3.05) is 0 Å². The second kappa shape index (κ2) is 4.78. The summed E-state index contributed by atoms with van der Waals surface area (Å²) in [5.41, 5.74) is 0.785. The monoisotopic (exact) mass is 248 g/mol. The Morgan fingerprint density at radius 2 is 2.33 bits per heavy atom. The molecule has 0 aliphatic heterocycles. The summed E-state index contributed by atoms with van der Waals surface area (Å²) < 4.78 is 23.4.